The van der Waals surface area contributed by atoms with Crippen LogP contribution in [0.2, 0.25) is 0 Å². The van der Waals surface area contributed by atoms with E-state index in [4.69, 9.17) is 10.2 Å². The fraction of sp³-hybridized carbons (Fsp3) is 0.222. The quantitative estimate of drug-likeness (QED) is 0.745. The van der Waals surface area contributed by atoms with Crippen molar-refractivity contribution in [1.82, 2.24) is 0 Å². The van der Waals surface area contributed by atoms with Gasteiger partial charge >= 0.3 is 0 Å². The lowest BCUT2D eigenvalue weighted by Gasteiger charge is -2.17. The van der Waals surface area contributed by atoms with Gasteiger partial charge in [-0.15, -0.1) is 0 Å². The van der Waals surface area contributed by atoms with Crippen molar-refractivity contribution in [1.29, 1.82) is 0 Å². The third kappa shape index (κ3) is 2.02. The van der Waals surface area contributed by atoms with Gasteiger partial charge in [0.05, 0.1) is 6.04 Å². The number of hydrogen-bond acceptors (Lipinski definition) is 2. The van der Waals surface area contributed by atoms with Gasteiger partial charge in [0.2, 0.25) is 0 Å². The summed E-state index contributed by atoms with van der Waals surface area (Å²) in [6, 6.07) is 14.6. The van der Waals surface area contributed by atoms with Gasteiger partial charge in [0, 0.05) is 5.56 Å². The average molecular weight is 265 g/mol. The maximum absolute atomic E-state index is 6.54. The number of rotatable bonds is 2. The van der Waals surface area contributed by atoms with Crippen LogP contribution < -0.4 is 5.73 Å². The van der Waals surface area contributed by atoms with Gasteiger partial charge in [-0.2, -0.15) is 0 Å². The number of hydrogen-bond donors (Lipinski definition) is 1. The highest BCUT2D eigenvalue weighted by Crippen LogP contribution is 2.32. The Balaban J connectivity index is 2.23. The van der Waals surface area contributed by atoms with Crippen LogP contribution in [-0.4, -0.2) is 0 Å². The largest absolute Gasteiger partial charge is 0.466 e. The summed E-state index contributed by atoms with van der Waals surface area (Å²) in [5.74, 6) is 1.81. The van der Waals surface area contributed by atoms with Crippen molar-refractivity contribution >= 4 is 10.8 Å². The van der Waals surface area contributed by atoms with Crippen molar-refractivity contribution < 1.29 is 4.42 Å². The molecule has 0 fully saturated rings. The zero-order chi connectivity index (χ0) is 14.3. The second-order valence-corrected chi connectivity index (χ2v) is 5.36. The molecule has 0 saturated heterocycles. The van der Waals surface area contributed by atoms with E-state index in [9.17, 15) is 0 Å². The van der Waals surface area contributed by atoms with Crippen molar-refractivity contribution in [3.05, 3.63) is 70.7 Å². The summed E-state index contributed by atoms with van der Waals surface area (Å²) in [6.45, 7) is 6.05. The summed E-state index contributed by atoms with van der Waals surface area (Å²) in [7, 11) is 0. The third-order valence-corrected chi connectivity index (χ3v) is 3.91. The highest BCUT2D eigenvalue weighted by molar-refractivity contribution is 5.87. The zero-order valence-corrected chi connectivity index (χ0v) is 12.1. The van der Waals surface area contributed by atoms with E-state index in [0.29, 0.717) is 0 Å². The Bertz CT molecular complexity index is 770. The molecule has 2 heteroatoms. The predicted octanol–water partition coefficient (Wildman–Crippen LogP) is 4.41. The van der Waals surface area contributed by atoms with E-state index in [1.54, 1.807) is 0 Å². The van der Waals surface area contributed by atoms with Crippen LogP contribution in [0, 0.1) is 20.8 Å². The van der Waals surface area contributed by atoms with Crippen LogP contribution in [0.4, 0.5) is 0 Å². The molecule has 2 nitrogen and oxygen atoms in total. The van der Waals surface area contributed by atoms with Crippen LogP contribution in [0.15, 0.2) is 46.9 Å². The topological polar surface area (TPSA) is 39.2 Å². The van der Waals surface area contributed by atoms with Gasteiger partial charge in [-0.05, 0) is 48.7 Å². The first kappa shape index (κ1) is 12.9. The lowest BCUT2D eigenvalue weighted by Crippen LogP contribution is -2.14. The first-order valence-electron chi connectivity index (χ1n) is 6.88. The number of aryl methyl sites for hydroxylation is 3. The van der Waals surface area contributed by atoms with E-state index in [0.717, 1.165) is 17.1 Å². The number of fused-ring (bicyclic) bond motifs is 1. The molecule has 3 rings (SSSR count). The number of nitrogens with two attached hydrogens (primary N) is 1. The Morgan fingerprint density at radius 3 is 2.45 bits per heavy atom. The summed E-state index contributed by atoms with van der Waals surface area (Å²) in [6.07, 6.45) is 0. The molecule has 0 bridgehead atoms. The smallest absolute Gasteiger partial charge is 0.106 e. The van der Waals surface area contributed by atoms with Gasteiger partial charge < -0.3 is 10.2 Å². The van der Waals surface area contributed by atoms with E-state index in [2.05, 4.69) is 43.3 Å². The van der Waals surface area contributed by atoms with E-state index in [-0.39, 0.29) is 6.04 Å². The minimum absolute atomic E-state index is 0.154. The molecule has 0 radical (unpaired) electrons. The predicted molar refractivity (Wildman–Crippen MR) is 82.9 cm³/mol. The molecule has 0 saturated carbocycles. The molecule has 1 heterocycles. The van der Waals surface area contributed by atoms with Crippen molar-refractivity contribution in [3.63, 3.8) is 0 Å². The molecule has 0 spiro atoms. The van der Waals surface area contributed by atoms with Crippen molar-refractivity contribution in [2.45, 2.75) is 26.8 Å². The standard InChI is InChI=1S/C18H19NO/c1-11-8-9-14-6-4-5-7-15(14)17(11)18(19)16-10-12(2)20-13(16)3/h4-10,18H,19H2,1-3H3. The summed E-state index contributed by atoms with van der Waals surface area (Å²) in [5, 5.41) is 2.44. The molecule has 3 aromatic rings. The van der Waals surface area contributed by atoms with Crippen molar-refractivity contribution in [2.75, 3.05) is 0 Å². The van der Waals surface area contributed by atoms with Crippen molar-refractivity contribution in [3.8, 4) is 0 Å². The Labute approximate surface area is 119 Å². The van der Waals surface area contributed by atoms with E-state index in [1.807, 2.05) is 19.9 Å². The van der Waals surface area contributed by atoms with E-state index < -0.39 is 0 Å². The van der Waals surface area contributed by atoms with Gasteiger partial charge in [-0.3, -0.25) is 0 Å². The lowest BCUT2D eigenvalue weighted by atomic mass is 9.91. The van der Waals surface area contributed by atoms with Crippen LogP contribution >= 0.6 is 0 Å². The van der Waals surface area contributed by atoms with Crippen molar-refractivity contribution in [2.24, 2.45) is 5.73 Å². The Morgan fingerprint density at radius 2 is 1.75 bits per heavy atom. The van der Waals surface area contributed by atoms with E-state index in [1.165, 1.54) is 21.9 Å². The van der Waals surface area contributed by atoms with E-state index >= 15 is 0 Å². The Kier molecular flexibility index (Phi) is 3.11. The van der Waals surface area contributed by atoms with Gasteiger partial charge in [-0.1, -0.05) is 36.4 Å². The molecule has 102 valence electrons. The number of furan rings is 1. The summed E-state index contributed by atoms with van der Waals surface area (Å²) in [4.78, 5) is 0. The summed E-state index contributed by atoms with van der Waals surface area (Å²) in [5.41, 5.74) is 10.0. The van der Waals surface area contributed by atoms with Crippen LogP contribution in [0.3, 0.4) is 0 Å². The molecule has 1 atom stereocenters. The molecule has 0 aliphatic carbocycles. The highest BCUT2D eigenvalue weighted by Gasteiger charge is 2.19. The molecule has 0 amide bonds. The molecular formula is C18H19NO. The normalized spacial score (nSPS) is 12.8. The molecule has 2 aromatic carbocycles. The maximum Gasteiger partial charge on any atom is 0.106 e. The monoisotopic (exact) mass is 265 g/mol. The lowest BCUT2D eigenvalue weighted by molar-refractivity contribution is 0.499. The van der Waals surface area contributed by atoms with Crippen LogP contribution in [0.1, 0.15) is 34.3 Å². The fourth-order valence-corrected chi connectivity index (χ4v) is 2.93. The first-order chi connectivity index (χ1) is 9.58. The maximum atomic E-state index is 6.54. The second-order valence-electron chi connectivity index (χ2n) is 5.36. The van der Waals surface area contributed by atoms with Gasteiger partial charge in [0.15, 0.2) is 0 Å². The molecule has 1 aromatic heterocycles. The van der Waals surface area contributed by atoms with Crippen LogP contribution in [0.5, 0.6) is 0 Å². The van der Waals surface area contributed by atoms with Gasteiger partial charge in [0.1, 0.15) is 11.5 Å². The average Bonchev–Trinajstić information content (AvgIpc) is 2.77. The second kappa shape index (κ2) is 4.80. The minimum atomic E-state index is -0.154. The Hall–Kier alpha value is -2.06. The van der Waals surface area contributed by atoms with Gasteiger partial charge in [0.25, 0.3) is 0 Å². The molecular weight excluding hydrogens is 246 g/mol. The molecule has 0 aliphatic rings. The summed E-state index contributed by atoms with van der Waals surface area (Å²) >= 11 is 0. The molecule has 20 heavy (non-hydrogen) atoms. The fourth-order valence-electron chi connectivity index (χ4n) is 2.93. The van der Waals surface area contributed by atoms with Gasteiger partial charge in [-0.25, -0.2) is 0 Å². The number of benzene rings is 2. The zero-order valence-electron chi connectivity index (χ0n) is 12.1. The SMILES string of the molecule is Cc1cc(C(N)c2c(C)ccc3ccccc23)c(C)o1. The molecule has 0 aliphatic heterocycles. The first-order valence-corrected chi connectivity index (χ1v) is 6.88. The molecule has 2 N–H and O–H groups in total. The van der Waals surface area contributed by atoms with Crippen LogP contribution in [0.25, 0.3) is 10.8 Å². The molecule has 1 unspecified atom stereocenters. The summed E-state index contributed by atoms with van der Waals surface area (Å²) < 4.78 is 5.63. The highest BCUT2D eigenvalue weighted by atomic mass is 16.3. The minimum Gasteiger partial charge on any atom is -0.466 e. The Morgan fingerprint density at radius 1 is 1.00 bits per heavy atom. The third-order valence-electron chi connectivity index (χ3n) is 3.91. The van der Waals surface area contributed by atoms with Crippen LogP contribution in [-0.2, 0) is 0 Å².